The molecule has 0 atom stereocenters. The Morgan fingerprint density at radius 3 is 2.22 bits per heavy atom. The molecular weight excluding hydrogens is 454 g/mol. The van der Waals surface area contributed by atoms with Crippen LogP contribution in [0.1, 0.15) is 40.9 Å². The summed E-state index contributed by atoms with van der Waals surface area (Å²) in [5, 5.41) is 2.54. The number of hydrogen-bond donors (Lipinski definition) is 0. The summed E-state index contributed by atoms with van der Waals surface area (Å²) >= 11 is 0. The molecule has 3 nitrogen and oxygen atoms in total. The molecule has 2 heterocycles. The van der Waals surface area contributed by atoms with Gasteiger partial charge in [0, 0.05) is 33.9 Å². The number of carbonyl (C=O) groups excluding carboxylic acids is 1. The van der Waals surface area contributed by atoms with Crippen LogP contribution in [0.15, 0.2) is 103 Å². The van der Waals surface area contributed by atoms with Crippen LogP contribution < -0.4 is 4.74 Å². The average molecular weight is 484 g/mol. The van der Waals surface area contributed by atoms with Gasteiger partial charge < -0.3 is 9.30 Å². The van der Waals surface area contributed by atoms with Crippen molar-refractivity contribution in [3.63, 3.8) is 0 Å². The van der Waals surface area contributed by atoms with Crippen molar-refractivity contribution in [2.45, 2.75) is 32.4 Å². The van der Waals surface area contributed by atoms with E-state index in [4.69, 9.17) is 4.74 Å². The van der Waals surface area contributed by atoms with E-state index in [9.17, 15) is 4.79 Å². The second-order valence-electron chi connectivity index (χ2n) is 10.1. The molecule has 0 N–H and O–H groups in total. The Hall–Kier alpha value is -4.37. The summed E-state index contributed by atoms with van der Waals surface area (Å²) in [7, 11) is 0. The van der Waals surface area contributed by atoms with Gasteiger partial charge in [0.1, 0.15) is 11.4 Å². The second-order valence-corrected chi connectivity index (χ2v) is 10.1. The molecule has 0 aliphatic carbocycles. The van der Waals surface area contributed by atoms with Crippen LogP contribution in [0.25, 0.3) is 34.0 Å². The van der Waals surface area contributed by atoms with Crippen LogP contribution in [0.2, 0.25) is 0 Å². The molecule has 4 aromatic carbocycles. The predicted octanol–water partition coefficient (Wildman–Crippen LogP) is 8.12. The van der Waals surface area contributed by atoms with Crippen molar-refractivity contribution in [1.29, 1.82) is 0 Å². The first-order valence-corrected chi connectivity index (χ1v) is 12.8. The third-order valence-electron chi connectivity index (χ3n) is 7.00. The molecule has 37 heavy (non-hydrogen) atoms. The van der Waals surface area contributed by atoms with Crippen molar-refractivity contribution in [2.75, 3.05) is 0 Å². The van der Waals surface area contributed by atoms with Gasteiger partial charge in [-0.05, 0) is 67.8 Å². The molecule has 5 aromatic rings. The number of aromatic nitrogens is 1. The minimum Gasteiger partial charge on any atom is -0.482 e. The van der Waals surface area contributed by atoms with Gasteiger partial charge in [0.15, 0.2) is 5.78 Å². The van der Waals surface area contributed by atoms with Gasteiger partial charge in [-0.15, -0.1) is 0 Å². The van der Waals surface area contributed by atoms with Crippen LogP contribution >= 0.6 is 0 Å². The summed E-state index contributed by atoms with van der Waals surface area (Å²) in [6.07, 6.45) is 8.45. The molecule has 1 aliphatic heterocycles. The van der Waals surface area contributed by atoms with Gasteiger partial charge in [-0.3, -0.25) is 4.79 Å². The fourth-order valence-corrected chi connectivity index (χ4v) is 5.18. The first-order valence-electron chi connectivity index (χ1n) is 12.8. The zero-order chi connectivity index (χ0) is 25.4. The third-order valence-corrected chi connectivity index (χ3v) is 7.00. The fraction of sp³-hybridized carbons (Fsp3) is 0.147. The van der Waals surface area contributed by atoms with Gasteiger partial charge in [0.2, 0.25) is 0 Å². The van der Waals surface area contributed by atoms with Crippen molar-refractivity contribution in [3.05, 3.63) is 125 Å². The van der Waals surface area contributed by atoms with Gasteiger partial charge in [-0.2, -0.15) is 0 Å². The largest absolute Gasteiger partial charge is 0.482 e. The van der Waals surface area contributed by atoms with E-state index in [0.29, 0.717) is 11.3 Å². The number of hydrogen-bond acceptors (Lipinski definition) is 2. The Labute approximate surface area is 217 Å². The molecule has 1 aliphatic rings. The van der Waals surface area contributed by atoms with Crippen LogP contribution in [-0.4, -0.2) is 16.0 Å². The highest BCUT2D eigenvalue weighted by atomic mass is 16.5. The number of aryl methyl sites for hydroxylation is 2. The molecule has 0 amide bonds. The molecule has 3 heteroatoms. The van der Waals surface area contributed by atoms with E-state index in [1.807, 2.05) is 56.3 Å². The molecule has 0 spiro atoms. The van der Waals surface area contributed by atoms with Crippen molar-refractivity contribution in [1.82, 2.24) is 4.57 Å². The van der Waals surface area contributed by atoms with Gasteiger partial charge >= 0.3 is 0 Å². The molecule has 0 radical (unpaired) electrons. The van der Waals surface area contributed by atoms with Crippen molar-refractivity contribution in [2.24, 2.45) is 0 Å². The standard InChI is InChI=1S/C34H29NO2/c1-34(2)20-18-26-22-25(23-29(33(26)37-34)32(36)17-16-24-10-4-3-5-11-24)19-21-35-30-14-8-6-12-27(30)28-13-7-9-15-31(28)35/h3-18,20,22-23H,19,21H2,1-2H3/b17-16+. The van der Waals surface area contributed by atoms with Crippen molar-refractivity contribution >= 4 is 39.7 Å². The molecule has 0 saturated carbocycles. The highest BCUT2D eigenvalue weighted by molar-refractivity contribution is 6.10. The zero-order valence-electron chi connectivity index (χ0n) is 21.1. The third kappa shape index (κ3) is 4.49. The lowest BCUT2D eigenvalue weighted by molar-refractivity contribution is 0.103. The molecule has 1 aromatic heterocycles. The first-order chi connectivity index (χ1) is 18.0. The van der Waals surface area contributed by atoms with E-state index in [-0.39, 0.29) is 5.78 Å². The number of para-hydroxylation sites is 2. The summed E-state index contributed by atoms with van der Waals surface area (Å²) < 4.78 is 8.68. The quantitative estimate of drug-likeness (QED) is 0.180. The summed E-state index contributed by atoms with van der Waals surface area (Å²) in [6.45, 7) is 4.84. The zero-order valence-corrected chi connectivity index (χ0v) is 21.1. The van der Waals surface area contributed by atoms with Crippen molar-refractivity contribution in [3.8, 4) is 5.75 Å². The summed E-state index contributed by atoms with van der Waals surface area (Å²) in [5.41, 5.74) is 5.67. The molecule has 0 saturated heterocycles. The topological polar surface area (TPSA) is 31.2 Å². The van der Waals surface area contributed by atoms with Gasteiger partial charge in [-0.25, -0.2) is 0 Å². The number of rotatable bonds is 6. The minimum atomic E-state index is -0.463. The lowest BCUT2D eigenvalue weighted by Crippen LogP contribution is -2.28. The first kappa shape index (κ1) is 23.1. The maximum atomic E-state index is 13.4. The molecule has 0 fully saturated rings. The molecule has 0 bridgehead atoms. The van der Waals surface area contributed by atoms with Gasteiger partial charge in [0.25, 0.3) is 0 Å². The number of carbonyl (C=O) groups is 1. The van der Waals surface area contributed by atoms with E-state index in [1.165, 1.54) is 21.8 Å². The molecule has 182 valence electrons. The van der Waals surface area contributed by atoms with Crippen LogP contribution in [0, 0.1) is 0 Å². The SMILES string of the molecule is CC1(C)C=Cc2cc(CCn3c4ccccc4c4ccccc43)cc(C(=O)/C=C/c3ccccc3)c2O1. The molecule has 6 rings (SSSR count). The van der Waals surface area contributed by atoms with E-state index in [1.54, 1.807) is 6.08 Å². The number of ketones is 1. The number of ether oxygens (including phenoxy) is 1. The lowest BCUT2D eigenvalue weighted by atomic mass is 9.94. The summed E-state index contributed by atoms with van der Waals surface area (Å²) in [5.74, 6) is 0.612. The second kappa shape index (κ2) is 9.25. The Balaban J connectivity index is 1.37. The van der Waals surface area contributed by atoms with E-state index < -0.39 is 5.60 Å². The van der Waals surface area contributed by atoms with Gasteiger partial charge in [-0.1, -0.05) is 78.9 Å². The smallest absolute Gasteiger partial charge is 0.189 e. The van der Waals surface area contributed by atoms with E-state index >= 15 is 0 Å². The number of nitrogens with zero attached hydrogens (tertiary/aromatic N) is 1. The summed E-state index contributed by atoms with van der Waals surface area (Å²) in [6, 6.07) is 31.2. The summed E-state index contributed by atoms with van der Waals surface area (Å²) in [4.78, 5) is 13.4. The van der Waals surface area contributed by atoms with Crippen molar-refractivity contribution < 1.29 is 9.53 Å². The number of allylic oxidation sites excluding steroid dienone is 1. The number of fused-ring (bicyclic) bond motifs is 4. The lowest BCUT2D eigenvalue weighted by Gasteiger charge is -2.29. The van der Waals surface area contributed by atoms with E-state index in [2.05, 4.69) is 71.3 Å². The van der Waals surface area contributed by atoms with Crippen LogP contribution in [0.5, 0.6) is 5.75 Å². The normalized spacial score (nSPS) is 14.2. The Morgan fingerprint density at radius 2 is 1.51 bits per heavy atom. The Morgan fingerprint density at radius 1 is 0.865 bits per heavy atom. The predicted molar refractivity (Wildman–Crippen MR) is 153 cm³/mol. The highest BCUT2D eigenvalue weighted by Crippen LogP contribution is 2.36. The maximum Gasteiger partial charge on any atom is 0.189 e. The monoisotopic (exact) mass is 483 g/mol. The van der Waals surface area contributed by atoms with Crippen LogP contribution in [0.3, 0.4) is 0 Å². The Bertz CT molecular complexity index is 1630. The average Bonchev–Trinajstić information content (AvgIpc) is 3.24. The van der Waals surface area contributed by atoms with Gasteiger partial charge in [0.05, 0.1) is 5.56 Å². The molecule has 0 unspecified atom stereocenters. The minimum absolute atomic E-state index is 0.0510. The number of benzene rings is 4. The molecular formula is C34H29NO2. The van der Waals surface area contributed by atoms with E-state index in [0.717, 1.165) is 29.7 Å². The van der Waals surface area contributed by atoms with Crippen LogP contribution in [-0.2, 0) is 13.0 Å². The highest BCUT2D eigenvalue weighted by Gasteiger charge is 2.26. The maximum absolute atomic E-state index is 13.4. The fourth-order valence-electron chi connectivity index (χ4n) is 5.18. The van der Waals surface area contributed by atoms with Crippen LogP contribution in [0.4, 0.5) is 0 Å². The Kier molecular flexibility index (Phi) is 5.77.